The molecule has 1 saturated carbocycles. The molecule has 186 valence electrons. The first-order valence-electron chi connectivity index (χ1n) is 12.0. The number of aliphatic carboxylic acids is 1. The molecule has 0 saturated heterocycles. The third-order valence-corrected chi connectivity index (χ3v) is 6.96. The van der Waals surface area contributed by atoms with Crippen molar-refractivity contribution in [2.45, 2.75) is 19.3 Å². The number of tetrazole rings is 1. The number of hydrogen-bond acceptors (Lipinski definition) is 5. The Morgan fingerprint density at radius 2 is 1.76 bits per heavy atom. The van der Waals surface area contributed by atoms with Gasteiger partial charge in [-0.2, -0.15) is 5.21 Å². The van der Waals surface area contributed by atoms with Crippen LogP contribution in [0.2, 0.25) is 5.02 Å². The minimum Gasteiger partial charge on any atom is -0.497 e. The summed E-state index contributed by atoms with van der Waals surface area (Å²) in [6.45, 7) is 0. The van der Waals surface area contributed by atoms with Crippen molar-refractivity contribution >= 4 is 34.8 Å². The number of carboxylic acids is 1. The summed E-state index contributed by atoms with van der Waals surface area (Å²) in [6, 6.07) is 21.8. The highest BCUT2D eigenvalue weighted by Gasteiger charge is 2.28. The molecular weight excluding hydrogens is 488 g/mol. The van der Waals surface area contributed by atoms with Gasteiger partial charge in [-0.05, 0) is 81.6 Å². The zero-order chi connectivity index (χ0) is 25.8. The van der Waals surface area contributed by atoms with Gasteiger partial charge >= 0.3 is 5.97 Å². The SMILES string of the molecule is COc1ccc(/C(=C(\c2ccc(/C=C/C(=O)O)cc2)c2ccc(-c3nn[nH]n3)cc2)C2CCC2)c(Cl)c1. The van der Waals surface area contributed by atoms with Gasteiger partial charge in [-0.25, -0.2) is 4.79 Å². The summed E-state index contributed by atoms with van der Waals surface area (Å²) in [4.78, 5) is 11.0. The number of allylic oxidation sites excluding steroid dienone is 1. The molecule has 3 aromatic carbocycles. The molecule has 0 radical (unpaired) electrons. The van der Waals surface area contributed by atoms with Gasteiger partial charge in [0.2, 0.25) is 5.82 Å². The number of nitrogens with zero attached hydrogens (tertiary/aromatic N) is 3. The largest absolute Gasteiger partial charge is 0.497 e. The molecule has 0 spiro atoms. The average molecular weight is 513 g/mol. The summed E-state index contributed by atoms with van der Waals surface area (Å²) in [5, 5.41) is 23.9. The minimum absolute atomic E-state index is 0.365. The van der Waals surface area contributed by atoms with E-state index in [2.05, 4.69) is 32.8 Å². The van der Waals surface area contributed by atoms with E-state index in [4.69, 9.17) is 21.4 Å². The fraction of sp³-hybridized carbons (Fsp3) is 0.172. The van der Waals surface area contributed by atoms with E-state index in [0.29, 0.717) is 22.5 Å². The predicted octanol–water partition coefficient (Wildman–Crippen LogP) is 6.39. The summed E-state index contributed by atoms with van der Waals surface area (Å²) in [6.07, 6.45) is 6.07. The second-order valence-electron chi connectivity index (χ2n) is 8.87. The zero-order valence-electron chi connectivity index (χ0n) is 20.2. The molecule has 1 fully saturated rings. The van der Waals surface area contributed by atoms with Gasteiger partial charge in [0.05, 0.1) is 12.1 Å². The van der Waals surface area contributed by atoms with Gasteiger partial charge in [-0.3, -0.25) is 0 Å². The van der Waals surface area contributed by atoms with E-state index in [1.165, 1.54) is 12.0 Å². The first-order valence-corrected chi connectivity index (χ1v) is 12.3. The van der Waals surface area contributed by atoms with Crippen LogP contribution >= 0.6 is 11.6 Å². The molecule has 4 aromatic rings. The number of methoxy groups -OCH3 is 1. The number of hydrogen-bond donors (Lipinski definition) is 2. The summed E-state index contributed by atoms with van der Waals surface area (Å²) < 4.78 is 5.39. The lowest BCUT2D eigenvalue weighted by Gasteiger charge is -2.32. The van der Waals surface area contributed by atoms with Crippen molar-refractivity contribution in [1.82, 2.24) is 20.6 Å². The number of benzene rings is 3. The Kier molecular flexibility index (Phi) is 7.14. The maximum Gasteiger partial charge on any atom is 0.328 e. The zero-order valence-corrected chi connectivity index (χ0v) is 20.9. The van der Waals surface area contributed by atoms with Crippen molar-refractivity contribution < 1.29 is 14.6 Å². The van der Waals surface area contributed by atoms with E-state index >= 15 is 0 Å². The van der Waals surface area contributed by atoms with Crippen LogP contribution in [0, 0.1) is 5.92 Å². The number of aromatic amines is 1. The summed E-state index contributed by atoms with van der Waals surface area (Å²) in [5.41, 5.74) is 7.00. The minimum atomic E-state index is -0.979. The van der Waals surface area contributed by atoms with E-state index in [0.717, 1.165) is 52.3 Å². The quantitative estimate of drug-likeness (QED) is 0.210. The van der Waals surface area contributed by atoms with Crippen LogP contribution in [0.1, 0.15) is 41.5 Å². The van der Waals surface area contributed by atoms with Gasteiger partial charge < -0.3 is 9.84 Å². The lowest BCUT2D eigenvalue weighted by Crippen LogP contribution is -2.15. The van der Waals surface area contributed by atoms with Gasteiger partial charge in [0.1, 0.15) is 5.75 Å². The first-order chi connectivity index (χ1) is 18.0. The molecule has 1 aromatic heterocycles. The second-order valence-corrected chi connectivity index (χ2v) is 9.28. The van der Waals surface area contributed by atoms with Crippen LogP contribution in [0.4, 0.5) is 0 Å². The van der Waals surface area contributed by atoms with Crippen molar-refractivity contribution in [3.8, 4) is 17.1 Å². The standard InChI is InChI=1S/C29H25ClN4O3/c1-37-23-14-15-24(25(30)17-23)28(19-3-2-4-19)27(20-8-5-18(6-9-20)7-16-26(35)36)21-10-12-22(13-11-21)29-31-33-34-32-29/h5-17,19H,2-4H2,1H3,(H,35,36)(H,31,32,33,34)/b16-7+,28-27+. The van der Waals surface area contributed by atoms with E-state index in [-0.39, 0.29) is 0 Å². The first kappa shape index (κ1) is 24.5. The number of nitrogens with one attached hydrogen (secondary N) is 1. The van der Waals surface area contributed by atoms with Gasteiger partial charge in [0.15, 0.2) is 0 Å². The number of rotatable bonds is 8. The Morgan fingerprint density at radius 3 is 2.30 bits per heavy atom. The molecule has 0 amide bonds. The Balaban J connectivity index is 1.69. The van der Waals surface area contributed by atoms with Gasteiger partial charge in [-0.1, -0.05) is 66.6 Å². The van der Waals surface area contributed by atoms with Crippen LogP contribution in [0.15, 0.2) is 72.8 Å². The maximum atomic E-state index is 11.0. The van der Waals surface area contributed by atoms with Crippen LogP contribution in [0.5, 0.6) is 5.75 Å². The van der Waals surface area contributed by atoms with E-state index in [1.807, 2.05) is 54.6 Å². The number of carbonyl (C=O) groups is 1. The smallest absolute Gasteiger partial charge is 0.328 e. The van der Waals surface area contributed by atoms with Crippen molar-refractivity contribution in [3.05, 3.63) is 100 Å². The van der Waals surface area contributed by atoms with E-state index < -0.39 is 5.97 Å². The van der Waals surface area contributed by atoms with Crippen LogP contribution in [-0.4, -0.2) is 38.8 Å². The molecule has 2 N–H and O–H groups in total. The highest BCUT2D eigenvalue weighted by Crippen LogP contribution is 2.47. The lowest BCUT2D eigenvalue weighted by atomic mass is 9.73. The Bertz CT molecular complexity index is 1460. The van der Waals surface area contributed by atoms with Crippen molar-refractivity contribution in [3.63, 3.8) is 0 Å². The fourth-order valence-corrected chi connectivity index (χ4v) is 4.85. The molecule has 1 aliphatic rings. The molecule has 0 bridgehead atoms. The summed E-state index contributed by atoms with van der Waals surface area (Å²) >= 11 is 6.83. The molecule has 37 heavy (non-hydrogen) atoms. The Hall–Kier alpha value is -4.23. The predicted molar refractivity (Wildman–Crippen MR) is 144 cm³/mol. The van der Waals surface area contributed by atoms with Crippen molar-refractivity contribution in [2.75, 3.05) is 7.11 Å². The van der Waals surface area contributed by atoms with Gasteiger partial charge in [-0.15, -0.1) is 10.2 Å². The molecule has 7 nitrogen and oxygen atoms in total. The van der Waals surface area contributed by atoms with E-state index in [1.54, 1.807) is 13.2 Å². The third-order valence-electron chi connectivity index (χ3n) is 6.64. The van der Waals surface area contributed by atoms with Crippen molar-refractivity contribution in [2.24, 2.45) is 5.92 Å². The van der Waals surface area contributed by atoms with E-state index in [9.17, 15) is 4.79 Å². The monoisotopic (exact) mass is 512 g/mol. The number of H-pyrrole nitrogens is 1. The normalized spacial score (nSPS) is 14.3. The molecule has 1 aliphatic carbocycles. The van der Waals surface area contributed by atoms with Gasteiger partial charge in [0.25, 0.3) is 0 Å². The van der Waals surface area contributed by atoms with Crippen LogP contribution in [0.3, 0.4) is 0 Å². The molecule has 0 unspecified atom stereocenters. The maximum absolute atomic E-state index is 11.0. The second kappa shape index (κ2) is 10.8. The Labute approximate surface area is 219 Å². The number of halogens is 1. The molecule has 5 rings (SSSR count). The fourth-order valence-electron chi connectivity index (χ4n) is 4.57. The molecule has 1 heterocycles. The number of aromatic nitrogens is 4. The number of carboxylic acid groups (broad SMARTS) is 1. The Morgan fingerprint density at radius 1 is 1.05 bits per heavy atom. The molecule has 0 atom stereocenters. The summed E-state index contributed by atoms with van der Waals surface area (Å²) in [7, 11) is 1.63. The molecule has 0 aliphatic heterocycles. The number of ether oxygens (including phenoxy) is 1. The lowest BCUT2D eigenvalue weighted by molar-refractivity contribution is -0.131. The van der Waals surface area contributed by atoms with Crippen LogP contribution in [-0.2, 0) is 4.79 Å². The van der Waals surface area contributed by atoms with Crippen LogP contribution in [0.25, 0.3) is 28.6 Å². The highest BCUT2D eigenvalue weighted by atomic mass is 35.5. The van der Waals surface area contributed by atoms with Gasteiger partial charge in [0, 0.05) is 11.6 Å². The molecular formula is C29H25ClN4O3. The average Bonchev–Trinajstić information content (AvgIpc) is 3.42. The molecule has 8 heteroatoms. The van der Waals surface area contributed by atoms with Crippen LogP contribution < -0.4 is 4.74 Å². The van der Waals surface area contributed by atoms with Crippen molar-refractivity contribution in [1.29, 1.82) is 0 Å². The topological polar surface area (TPSA) is 101 Å². The summed E-state index contributed by atoms with van der Waals surface area (Å²) in [5.74, 6) is 0.628. The third kappa shape index (κ3) is 5.32. The highest BCUT2D eigenvalue weighted by molar-refractivity contribution is 6.33.